The van der Waals surface area contributed by atoms with E-state index in [1.54, 1.807) is 11.8 Å². The Balaban J connectivity index is 1.76. The molecule has 0 bridgehead atoms. The van der Waals surface area contributed by atoms with Gasteiger partial charge in [-0.15, -0.1) is 23.4 Å². The quantitative estimate of drug-likeness (QED) is 0.788. The normalized spacial score (nSPS) is 10.4. The molecule has 2 aromatic rings. The van der Waals surface area contributed by atoms with Crippen molar-refractivity contribution in [2.75, 3.05) is 11.1 Å². The van der Waals surface area contributed by atoms with Crippen LogP contribution in [-0.2, 0) is 16.4 Å². The predicted molar refractivity (Wildman–Crippen MR) is 92.0 cm³/mol. The zero-order chi connectivity index (χ0) is 15.1. The summed E-state index contributed by atoms with van der Waals surface area (Å²) in [6.45, 7) is 2.01. The number of halogens is 1. The molecule has 0 aliphatic carbocycles. The summed E-state index contributed by atoms with van der Waals surface area (Å²) in [5.74, 6) is 1.84. The summed E-state index contributed by atoms with van der Waals surface area (Å²) in [6, 6.07) is 16.0. The SMILES string of the molecule is Cc1cccc(NC(=O)CSCc2ccc(CCl)cc2)c1. The van der Waals surface area contributed by atoms with Crippen molar-refractivity contribution >= 4 is 35.0 Å². The highest BCUT2D eigenvalue weighted by Gasteiger charge is 2.03. The third-order valence-electron chi connectivity index (χ3n) is 2.98. The maximum atomic E-state index is 11.9. The van der Waals surface area contributed by atoms with Gasteiger partial charge in [-0.05, 0) is 35.7 Å². The first-order valence-electron chi connectivity index (χ1n) is 6.75. The maximum absolute atomic E-state index is 11.9. The van der Waals surface area contributed by atoms with Crippen molar-refractivity contribution in [1.82, 2.24) is 0 Å². The Labute approximate surface area is 134 Å². The van der Waals surface area contributed by atoms with Gasteiger partial charge in [0.1, 0.15) is 0 Å². The fourth-order valence-corrected chi connectivity index (χ4v) is 2.87. The maximum Gasteiger partial charge on any atom is 0.234 e. The van der Waals surface area contributed by atoms with E-state index in [1.807, 2.05) is 43.3 Å². The fraction of sp³-hybridized carbons (Fsp3) is 0.235. The summed E-state index contributed by atoms with van der Waals surface area (Å²) in [6.07, 6.45) is 0. The molecule has 2 aromatic carbocycles. The van der Waals surface area contributed by atoms with Crippen LogP contribution in [0.1, 0.15) is 16.7 Å². The Morgan fingerprint density at radius 3 is 2.52 bits per heavy atom. The number of anilines is 1. The van der Waals surface area contributed by atoms with Gasteiger partial charge in [-0.25, -0.2) is 0 Å². The number of hydrogen-bond donors (Lipinski definition) is 1. The second kappa shape index (κ2) is 8.11. The van der Waals surface area contributed by atoms with Crippen LogP contribution in [-0.4, -0.2) is 11.7 Å². The van der Waals surface area contributed by atoms with E-state index < -0.39 is 0 Å². The largest absolute Gasteiger partial charge is 0.325 e. The van der Waals surface area contributed by atoms with Crippen LogP contribution < -0.4 is 5.32 Å². The average molecular weight is 320 g/mol. The number of thioether (sulfide) groups is 1. The first-order valence-corrected chi connectivity index (χ1v) is 8.44. The number of hydrogen-bond acceptors (Lipinski definition) is 2. The van der Waals surface area contributed by atoms with E-state index in [2.05, 4.69) is 17.4 Å². The molecular formula is C17H18ClNOS. The van der Waals surface area contributed by atoms with Gasteiger partial charge < -0.3 is 5.32 Å². The number of carbonyl (C=O) groups excluding carboxylic acids is 1. The van der Waals surface area contributed by atoms with Crippen molar-refractivity contribution in [1.29, 1.82) is 0 Å². The van der Waals surface area contributed by atoms with Crippen molar-refractivity contribution in [3.63, 3.8) is 0 Å². The van der Waals surface area contributed by atoms with Gasteiger partial charge in [-0.2, -0.15) is 0 Å². The summed E-state index contributed by atoms with van der Waals surface area (Å²) in [5.41, 5.74) is 4.31. The molecular weight excluding hydrogens is 302 g/mol. The lowest BCUT2D eigenvalue weighted by Crippen LogP contribution is -2.14. The highest BCUT2D eigenvalue weighted by molar-refractivity contribution is 7.99. The molecule has 0 spiro atoms. The number of benzene rings is 2. The van der Waals surface area contributed by atoms with Gasteiger partial charge >= 0.3 is 0 Å². The monoisotopic (exact) mass is 319 g/mol. The van der Waals surface area contributed by atoms with Gasteiger partial charge in [0.05, 0.1) is 5.75 Å². The molecule has 4 heteroatoms. The summed E-state index contributed by atoms with van der Waals surface area (Å²) in [5, 5.41) is 2.91. The number of alkyl halides is 1. The summed E-state index contributed by atoms with van der Waals surface area (Å²) >= 11 is 7.36. The van der Waals surface area contributed by atoms with E-state index in [4.69, 9.17) is 11.6 Å². The minimum atomic E-state index is 0.0305. The molecule has 2 rings (SSSR count). The van der Waals surface area contributed by atoms with E-state index >= 15 is 0 Å². The zero-order valence-corrected chi connectivity index (χ0v) is 13.5. The smallest absolute Gasteiger partial charge is 0.234 e. The molecule has 0 aromatic heterocycles. The lowest BCUT2D eigenvalue weighted by molar-refractivity contribution is -0.113. The first kappa shape index (κ1) is 15.9. The molecule has 0 atom stereocenters. The van der Waals surface area contributed by atoms with Crippen LogP contribution in [0.5, 0.6) is 0 Å². The molecule has 110 valence electrons. The lowest BCUT2D eigenvalue weighted by atomic mass is 10.2. The number of rotatable bonds is 6. The Morgan fingerprint density at radius 1 is 1.14 bits per heavy atom. The third kappa shape index (κ3) is 5.44. The summed E-state index contributed by atoms with van der Waals surface area (Å²) in [4.78, 5) is 11.9. The Morgan fingerprint density at radius 2 is 1.86 bits per heavy atom. The molecule has 0 radical (unpaired) electrons. The van der Waals surface area contributed by atoms with Crippen LogP contribution in [0.2, 0.25) is 0 Å². The van der Waals surface area contributed by atoms with Crippen LogP contribution in [0, 0.1) is 6.92 Å². The van der Waals surface area contributed by atoms with Gasteiger partial charge in [0.25, 0.3) is 0 Å². The first-order chi connectivity index (χ1) is 10.2. The number of nitrogens with one attached hydrogen (secondary N) is 1. The van der Waals surface area contributed by atoms with Crippen LogP contribution >= 0.6 is 23.4 Å². The van der Waals surface area contributed by atoms with Gasteiger partial charge in [0, 0.05) is 17.3 Å². The molecule has 0 aliphatic rings. The number of aryl methyl sites for hydroxylation is 1. The molecule has 1 amide bonds. The van der Waals surface area contributed by atoms with E-state index in [9.17, 15) is 4.79 Å². The van der Waals surface area contributed by atoms with E-state index in [0.717, 1.165) is 22.6 Å². The van der Waals surface area contributed by atoms with E-state index in [0.29, 0.717) is 11.6 Å². The van der Waals surface area contributed by atoms with E-state index in [1.165, 1.54) is 5.56 Å². The number of carbonyl (C=O) groups is 1. The average Bonchev–Trinajstić information content (AvgIpc) is 2.48. The van der Waals surface area contributed by atoms with Crippen molar-refractivity contribution < 1.29 is 4.79 Å². The minimum Gasteiger partial charge on any atom is -0.325 e. The Hall–Kier alpha value is -1.45. The molecule has 0 aliphatic heterocycles. The van der Waals surface area contributed by atoms with E-state index in [-0.39, 0.29) is 5.91 Å². The van der Waals surface area contributed by atoms with Gasteiger partial charge in [-0.1, -0.05) is 36.4 Å². The van der Waals surface area contributed by atoms with Gasteiger partial charge in [0.2, 0.25) is 5.91 Å². The zero-order valence-electron chi connectivity index (χ0n) is 11.9. The van der Waals surface area contributed by atoms with Crippen LogP contribution in [0.15, 0.2) is 48.5 Å². The van der Waals surface area contributed by atoms with Crippen LogP contribution in [0.3, 0.4) is 0 Å². The standard InChI is InChI=1S/C17H18ClNOS/c1-13-3-2-4-16(9-13)19-17(20)12-21-11-15-7-5-14(10-18)6-8-15/h2-9H,10-12H2,1H3,(H,19,20). The lowest BCUT2D eigenvalue weighted by Gasteiger charge is -2.06. The van der Waals surface area contributed by atoms with Gasteiger partial charge in [-0.3, -0.25) is 4.79 Å². The van der Waals surface area contributed by atoms with Crippen molar-refractivity contribution in [3.05, 3.63) is 65.2 Å². The fourth-order valence-electron chi connectivity index (χ4n) is 1.91. The highest BCUT2D eigenvalue weighted by atomic mass is 35.5. The molecule has 0 saturated heterocycles. The molecule has 0 heterocycles. The van der Waals surface area contributed by atoms with Crippen molar-refractivity contribution in [2.45, 2.75) is 18.6 Å². The topological polar surface area (TPSA) is 29.1 Å². The van der Waals surface area contributed by atoms with Crippen LogP contribution in [0.25, 0.3) is 0 Å². The summed E-state index contributed by atoms with van der Waals surface area (Å²) in [7, 11) is 0. The van der Waals surface area contributed by atoms with Crippen molar-refractivity contribution in [2.24, 2.45) is 0 Å². The molecule has 0 unspecified atom stereocenters. The molecule has 2 nitrogen and oxygen atoms in total. The Bertz CT molecular complexity index is 598. The Kier molecular flexibility index (Phi) is 6.15. The molecule has 0 fully saturated rings. The van der Waals surface area contributed by atoms with Crippen molar-refractivity contribution in [3.8, 4) is 0 Å². The molecule has 21 heavy (non-hydrogen) atoms. The predicted octanol–water partition coefficient (Wildman–Crippen LogP) is 4.61. The highest BCUT2D eigenvalue weighted by Crippen LogP contribution is 2.15. The minimum absolute atomic E-state index is 0.0305. The molecule has 1 N–H and O–H groups in total. The number of amides is 1. The second-order valence-electron chi connectivity index (χ2n) is 4.86. The molecule has 0 saturated carbocycles. The third-order valence-corrected chi connectivity index (χ3v) is 4.29. The van der Waals surface area contributed by atoms with Crippen LogP contribution in [0.4, 0.5) is 5.69 Å². The summed E-state index contributed by atoms with van der Waals surface area (Å²) < 4.78 is 0. The second-order valence-corrected chi connectivity index (χ2v) is 6.11. The van der Waals surface area contributed by atoms with Gasteiger partial charge in [0.15, 0.2) is 0 Å².